The zero-order valence-corrected chi connectivity index (χ0v) is 15.3. The van der Waals surface area contributed by atoms with E-state index in [4.69, 9.17) is 11.6 Å². The van der Waals surface area contributed by atoms with Gasteiger partial charge in [-0.1, -0.05) is 29.8 Å². The highest BCUT2D eigenvalue weighted by molar-refractivity contribution is 6.31. The van der Waals surface area contributed by atoms with Crippen molar-refractivity contribution >= 4 is 40.6 Å². The SMILES string of the molecule is CC(=O)c1cccc(N2CC(C(=O)Nc3cccc(Cl)c3C)CC2=O)c1. The topological polar surface area (TPSA) is 66.5 Å². The summed E-state index contributed by atoms with van der Waals surface area (Å²) in [5.41, 5.74) is 2.61. The van der Waals surface area contributed by atoms with E-state index in [9.17, 15) is 14.4 Å². The summed E-state index contributed by atoms with van der Waals surface area (Å²) < 4.78 is 0. The number of nitrogens with zero attached hydrogens (tertiary/aromatic N) is 1. The molecule has 2 amide bonds. The molecule has 0 aliphatic carbocycles. The van der Waals surface area contributed by atoms with Crippen LogP contribution in [0, 0.1) is 12.8 Å². The molecular weight excluding hydrogens is 352 g/mol. The number of halogens is 1. The van der Waals surface area contributed by atoms with Gasteiger partial charge < -0.3 is 10.2 Å². The van der Waals surface area contributed by atoms with E-state index in [-0.39, 0.29) is 30.6 Å². The highest BCUT2D eigenvalue weighted by Gasteiger charge is 2.35. The monoisotopic (exact) mass is 370 g/mol. The quantitative estimate of drug-likeness (QED) is 0.831. The maximum Gasteiger partial charge on any atom is 0.229 e. The van der Waals surface area contributed by atoms with Crippen LogP contribution in [0.15, 0.2) is 42.5 Å². The first kappa shape index (κ1) is 18.1. The average Bonchev–Trinajstić information content (AvgIpc) is 3.01. The van der Waals surface area contributed by atoms with E-state index in [1.807, 2.05) is 6.92 Å². The molecule has 1 unspecified atom stereocenters. The molecule has 0 bridgehead atoms. The standard InChI is InChI=1S/C20H19ClN2O3/c1-12-17(21)7-4-8-18(12)22-20(26)15-10-19(25)23(11-15)16-6-3-5-14(9-16)13(2)24/h3-9,15H,10-11H2,1-2H3,(H,22,26). The van der Waals surface area contributed by atoms with Crippen LogP contribution in [0.3, 0.4) is 0 Å². The van der Waals surface area contributed by atoms with Crippen LogP contribution < -0.4 is 10.2 Å². The molecule has 5 nitrogen and oxygen atoms in total. The number of carbonyl (C=O) groups is 3. The van der Waals surface area contributed by atoms with Crippen LogP contribution in [0.2, 0.25) is 5.02 Å². The van der Waals surface area contributed by atoms with E-state index in [0.717, 1.165) is 5.56 Å². The van der Waals surface area contributed by atoms with Crippen molar-refractivity contribution in [3.8, 4) is 0 Å². The number of anilines is 2. The zero-order chi connectivity index (χ0) is 18.8. The van der Waals surface area contributed by atoms with E-state index in [2.05, 4.69) is 5.32 Å². The molecular formula is C20H19ClN2O3. The predicted molar refractivity (Wildman–Crippen MR) is 102 cm³/mol. The molecule has 1 heterocycles. The van der Waals surface area contributed by atoms with Crippen LogP contribution >= 0.6 is 11.6 Å². The summed E-state index contributed by atoms with van der Waals surface area (Å²) in [4.78, 5) is 38.1. The molecule has 134 valence electrons. The molecule has 0 aromatic heterocycles. The van der Waals surface area contributed by atoms with Gasteiger partial charge in [0.1, 0.15) is 0 Å². The summed E-state index contributed by atoms with van der Waals surface area (Å²) in [6, 6.07) is 12.2. The average molecular weight is 371 g/mol. The van der Waals surface area contributed by atoms with Gasteiger partial charge in [-0.3, -0.25) is 14.4 Å². The largest absolute Gasteiger partial charge is 0.325 e. The Morgan fingerprint density at radius 2 is 1.92 bits per heavy atom. The summed E-state index contributed by atoms with van der Waals surface area (Å²) in [6.45, 7) is 3.59. The molecule has 0 radical (unpaired) electrons. The van der Waals surface area contributed by atoms with Crippen LogP contribution in [0.4, 0.5) is 11.4 Å². The lowest BCUT2D eigenvalue weighted by molar-refractivity contribution is -0.122. The number of Topliss-reactive ketones (excluding diaryl/α,β-unsaturated/α-hetero) is 1. The minimum absolute atomic E-state index is 0.0655. The first-order valence-corrected chi connectivity index (χ1v) is 8.72. The fraction of sp³-hybridized carbons (Fsp3) is 0.250. The first-order valence-electron chi connectivity index (χ1n) is 8.34. The highest BCUT2D eigenvalue weighted by atomic mass is 35.5. The van der Waals surface area contributed by atoms with Gasteiger partial charge in [0.15, 0.2) is 5.78 Å². The van der Waals surface area contributed by atoms with Crippen molar-refractivity contribution in [2.24, 2.45) is 5.92 Å². The lowest BCUT2D eigenvalue weighted by atomic mass is 10.1. The van der Waals surface area contributed by atoms with E-state index in [1.165, 1.54) is 6.92 Å². The van der Waals surface area contributed by atoms with Crippen molar-refractivity contribution in [1.29, 1.82) is 0 Å². The van der Waals surface area contributed by atoms with Gasteiger partial charge in [0.2, 0.25) is 11.8 Å². The molecule has 6 heteroatoms. The van der Waals surface area contributed by atoms with Crippen molar-refractivity contribution < 1.29 is 14.4 Å². The molecule has 1 N–H and O–H groups in total. The lowest BCUT2D eigenvalue weighted by Crippen LogP contribution is -2.28. The third kappa shape index (κ3) is 3.63. The van der Waals surface area contributed by atoms with E-state index in [1.54, 1.807) is 47.4 Å². The smallest absolute Gasteiger partial charge is 0.229 e. The normalized spacial score (nSPS) is 16.7. The molecule has 1 aliphatic rings. The van der Waals surface area contributed by atoms with Gasteiger partial charge in [-0.2, -0.15) is 0 Å². The Morgan fingerprint density at radius 3 is 2.65 bits per heavy atom. The number of ketones is 1. The van der Waals surface area contributed by atoms with Gasteiger partial charge >= 0.3 is 0 Å². The first-order chi connectivity index (χ1) is 12.4. The van der Waals surface area contributed by atoms with Gasteiger partial charge in [0, 0.05) is 34.9 Å². The highest BCUT2D eigenvalue weighted by Crippen LogP contribution is 2.28. The molecule has 26 heavy (non-hydrogen) atoms. The molecule has 3 rings (SSSR count). The predicted octanol–water partition coefficient (Wildman–Crippen LogP) is 3.84. The Labute approximate surface area is 156 Å². The third-order valence-electron chi connectivity index (χ3n) is 4.59. The molecule has 0 saturated carbocycles. The van der Waals surface area contributed by atoms with Crippen LogP contribution in [0.1, 0.15) is 29.3 Å². The van der Waals surface area contributed by atoms with Crippen molar-refractivity contribution in [3.05, 3.63) is 58.6 Å². The minimum Gasteiger partial charge on any atom is -0.325 e. The fourth-order valence-electron chi connectivity index (χ4n) is 3.00. The second-order valence-corrected chi connectivity index (χ2v) is 6.82. The second kappa shape index (κ2) is 7.30. The molecule has 1 aliphatic heterocycles. The number of hydrogen-bond acceptors (Lipinski definition) is 3. The number of nitrogens with one attached hydrogen (secondary N) is 1. The number of hydrogen-bond donors (Lipinski definition) is 1. The Hall–Kier alpha value is -2.66. The molecule has 1 atom stereocenters. The van der Waals surface area contributed by atoms with Crippen LogP contribution in [0.5, 0.6) is 0 Å². The third-order valence-corrected chi connectivity index (χ3v) is 5.00. The number of benzene rings is 2. The summed E-state index contributed by atoms with van der Waals surface area (Å²) >= 11 is 6.08. The van der Waals surface area contributed by atoms with Crippen molar-refractivity contribution in [2.75, 3.05) is 16.8 Å². The number of amides is 2. The summed E-state index contributed by atoms with van der Waals surface area (Å²) in [5.74, 6) is -0.867. The van der Waals surface area contributed by atoms with Crippen LogP contribution in [0.25, 0.3) is 0 Å². The second-order valence-electron chi connectivity index (χ2n) is 6.41. The Bertz CT molecular complexity index is 894. The van der Waals surface area contributed by atoms with Gasteiger partial charge in [-0.15, -0.1) is 0 Å². The Morgan fingerprint density at radius 1 is 1.19 bits per heavy atom. The van der Waals surface area contributed by atoms with Crippen molar-refractivity contribution in [3.63, 3.8) is 0 Å². The van der Waals surface area contributed by atoms with Gasteiger partial charge in [0.05, 0.1) is 5.92 Å². The zero-order valence-electron chi connectivity index (χ0n) is 14.6. The maximum atomic E-state index is 12.6. The van der Waals surface area contributed by atoms with Gasteiger partial charge in [-0.25, -0.2) is 0 Å². The summed E-state index contributed by atoms with van der Waals surface area (Å²) in [7, 11) is 0. The molecule has 2 aromatic carbocycles. The molecule has 0 spiro atoms. The summed E-state index contributed by atoms with van der Waals surface area (Å²) in [5, 5.41) is 3.44. The summed E-state index contributed by atoms with van der Waals surface area (Å²) in [6.07, 6.45) is 0.135. The van der Waals surface area contributed by atoms with Gasteiger partial charge in [-0.05, 0) is 43.7 Å². The maximum absolute atomic E-state index is 12.6. The van der Waals surface area contributed by atoms with E-state index < -0.39 is 5.92 Å². The van der Waals surface area contributed by atoms with Crippen molar-refractivity contribution in [1.82, 2.24) is 0 Å². The Balaban J connectivity index is 1.75. The van der Waals surface area contributed by atoms with Gasteiger partial charge in [0.25, 0.3) is 0 Å². The minimum atomic E-state index is -0.457. The Kier molecular flexibility index (Phi) is 5.09. The van der Waals surface area contributed by atoms with Crippen LogP contribution in [-0.4, -0.2) is 24.1 Å². The van der Waals surface area contributed by atoms with E-state index in [0.29, 0.717) is 22.0 Å². The molecule has 1 fully saturated rings. The van der Waals surface area contributed by atoms with Crippen molar-refractivity contribution in [2.45, 2.75) is 20.3 Å². The molecule has 2 aromatic rings. The fourth-order valence-corrected chi connectivity index (χ4v) is 3.18. The number of rotatable bonds is 4. The van der Waals surface area contributed by atoms with Crippen LogP contribution in [-0.2, 0) is 9.59 Å². The number of carbonyl (C=O) groups excluding carboxylic acids is 3. The van der Waals surface area contributed by atoms with E-state index >= 15 is 0 Å². The lowest BCUT2D eigenvalue weighted by Gasteiger charge is -2.17. The molecule has 1 saturated heterocycles.